The molecule has 2 rings (SSSR count). The predicted molar refractivity (Wildman–Crippen MR) is 107 cm³/mol. The zero-order valence-corrected chi connectivity index (χ0v) is 16.2. The van der Waals surface area contributed by atoms with Gasteiger partial charge in [-0.25, -0.2) is 4.39 Å². The van der Waals surface area contributed by atoms with E-state index in [1.54, 1.807) is 19.2 Å². The number of primary amides is 1. The van der Waals surface area contributed by atoms with Gasteiger partial charge in [0.1, 0.15) is 5.82 Å². The van der Waals surface area contributed by atoms with Crippen molar-refractivity contribution in [3.8, 4) is 0 Å². The van der Waals surface area contributed by atoms with Crippen molar-refractivity contribution in [2.75, 3.05) is 39.8 Å². The quantitative estimate of drug-likeness (QED) is 0.346. The lowest BCUT2D eigenvalue weighted by Crippen LogP contribution is -2.40. The summed E-state index contributed by atoms with van der Waals surface area (Å²) in [5, 5.41) is 6.51. The fraction of sp³-hybridized carbons (Fsp3) is 0.600. The molecular weight excluding hydrogens is 345 g/mol. The van der Waals surface area contributed by atoms with Crippen molar-refractivity contribution in [3.63, 3.8) is 0 Å². The first kappa shape index (κ1) is 21.2. The van der Waals surface area contributed by atoms with E-state index in [2.05, 4.69) is 20.5 Å². The summed E-state index contributed by atoms with van der Waals surface area (Å²) >= 11 is 0. The minimum absolute atomic E-state index is 0.0571. The van der Waals surface area contributed by atoms with Gasteiger partial charge in [0.15, 0.2) is 5.96 Å². The van der Waals surface area contributed by atoms with Gasteiger partial charge in [-0.1, -0.05) is 18.2 Å². The van der Waals surface area contributed by atoms with Crippen molar-refractivity contribution in [2.45, 2.75) is 32.1 Å². The van der Waals surface area contributed by atoms with Crippen LogP contribution in [0.2, 0.25) is 0 Å². The number of hydrogen-bond donors (Lipinski definition) is 3. The molecule has 0 aromatic heterocycles. The number of carbonyl (C=O) groups is 1. The summed E-state index contributed by atoms with van der Waals surface area (Å²) in [6.07, 6.45) is 4.52. The Labute approximate surface area is 161 Å². The van der Waals surface area contributed by atoms with E-state index in [-0.39, 0.29) is 17.6 Å². The van der Waals surface area contributed by atoms with Crippen LogP contribution in [0, 0.1) is 11.7 Å². The molecule has 4 N–H and O–H groups in total. The van der Waals surface area contributed by atoms with E-state index < -0.39 is 0 Å². The molecule has 1 aromatic rings. The second kappa shape index (κ2) is 11.5. The number of unbranched alkanes of at least 4 members (excludes halogenated alkanes) is 1. The van der Waals surface area contributed by atoms with Crippen LogP contribution in [-0.2, 0) is 11.2 Å². The number of nitrogens with one attached hydrogen (secondary N) is 2. The Morgan fingerprint density at radius 1 is 1.22 bits per heavy atom. The van der Waals surface area contributed by atoms with Crippen LogP contribution >= 0.6 is 0 Å². The highest BCUT2D eigenvalue weighted by Crippen LogP contribution is 2.16. The fourth-order valence-electron chi connectivity index (χ4n) is 3.35. The molecule has 27 heavy (non-hydrogen) atoms. The van der Waals surface area contributed by atoms with Gasteiger partial charge in [-0.3, -0.25) is 9.79 Å². The molecule has 1 fully saturated rings. The predicted octanol–water partition coefficient (Wildman–Crippen LogP) is 1.51. The van der Waals surface area contributed by atoms with E-state index in [1.165, 1.54) is 6.07 Å². The molecule has 1 aliphatic heterocycles. The normalized spacial score (nSPS) is 16.3. The van der Waals surface area contributed by atoms with Crippen molar-refractivity contribution in [3.05, 3.63) is 35.6 Å². The summed E-state index contributed by atoms with van der Waals surface area (Å²) in [6.45, 7) is 4.44. The van der Waals surface area contributed by atoms with Crippen molar-refractivity contribution in [1.29, 1.82) is 0 Å². The van der Waals surface area contributed by atoms with Gasteiger partial charge in [0.05, 0.1) is 0 Å². The van der Waals surface area contributed by atoms with Crippen LogP contribution < -0.4 is 16.4 Å². The lowest BCUT2D eigenvalue weighted by Gasteiger charge is -2.30. The summed E-state index contributed by atoms with van der Waals surface area (Å²) in [5.74, 6) is 0.477. The van der Waals surface area contributed by atoms with Crippen LogP contribution in [0.3, 0.4) is 0 Å². The van der Waals surface area contributed by atoms with Crippen LogP contribution in [0.5, 0.6) is 0 Å². The van der Waals surface area contributed by atoms with Gasteiger partial charge < -0.3 is 21.3 Å². The summed E-state index contributed by atoms with van der Waals surface area (Å²) < 4.78 is 13.6. The Bertz CT molecular complexity index is 614. The van der Waals surface area contributed by atoms with Crippen molar-refractivity contribution in [2.24, 2.45) is 16.6 Å². The average molecular weight is 378 g/mol. The monoisotopic (exact) mass is 377 g/mol. The van der Waals surface area contributed by atoms with E-state index in [0.29, 0.717) is 18.5 Å². The van der Waals surface area contributed by atoms with E-state index in [0.717, 1.165) is 57.8 Å². The fourth-order valence-corrected chi connectivity index (χ4v) is 3.35. The van der Waals surface area contributed by atoms with Crippen molar-refractivity contribution < 1.29 is 9.18 Å². The van der Waals surface area contributed by atoms with Crippen LogP contribution in [0.25, 0.3) is 0 Å². The largest absolute Gasteiger partial charge is 0.369 e. The molecule has 6 nitrogen and oxygen atoms in total. The Balaban J connectivity index is 1.54. The van der Waals surface area contributed by atoms with Crippen LogP contribution in [0.4, 0.5) is 4.39 Å². The van der Waals surface area contributed by atoms with Crippen LogP contribution in [-0.4, -0.2) is 56.5 Å². The number of likely N-dealkylation sites (tertiary alicyclic amines) is 1. The van der Waals surface area contributed by atoms with E-state index in [4.69, 9.17) is 5.73 Å². The van der Waals surface area contributed by atoms with Gasteiger partial charge in [0, 0.05) is 26.1 Å². The first-order valence-electron chi connectivity index (χ1n) is 9.79. The van der Waals surface area contributed by atoms with Crippen LogP contribution in [0.15, 0.2) is 29.3 Å². The zero-order chi connectivity index (χ0) is 19.5. The lowest BCUT2D eigenvalue weighted by atomic mass is 9.96. The third-order valence-corrected chi connectivity index (χ3v) is 5.05. The summed E-state index contributed by atoms with van der Waals surface area (Å²) in [5.41, 5.74) is 6.08. The molecule has 0 unspecified atom stereocenters. The van der Waals surface area contributed by atoms with Gasteiger partial charge >= 0.3 is 0 Å². The van der Waals surface area contributed by atoms with Crippen molar-refractivity contribution >= 4 is 11.9 Å². The number of benzene rings is 1. The molecule has 0 atom stereocenters. The first-order valence-corrected chi connectivity index (χ1v) is 9.79. The molecule has 0 aliphatic carbocycles. The molecule has 1 aromatic carbocycles. The Morgan fingerprint density at radius 3 is 2.59 bits per heavy atom. The van der Waals surface area contributed by atoms with Crippen LogP contribution in [0.1, 0.15) is 31.2 Å². The molecule has 1 aliphatic rings. The van der Waals surface area contributed by atoms with Gasteiger partial charge in [0.2, 0.25) is 5.91 Å². The Kier molecular flexibility index (Phi) is 9.04. The molecule has 0 bridgehead atoms. The maximum Gasteiger partial charge on any atom is 0.220 e. The highest BCUT2D eigenvalue weighted by molar-refractivity contribution is 5.79. The standard InChI is InChI=1S/C20H32FN5O/c1-23-20(25-12-8-16-6-2-3-7-18(16)21)24-11-4-5-13-26-14-9-17(10-15-26)19(22)27/h2-3,6-7,17H,4-5,8-15H2,1H3,(H2,22,27)(H2,23,24,25). The van der Waals surface area contributed by atoms with Gasteiger partial charge in [-0.05, 0) is 63.4 Å². The number of nitrogens with zero attached hydrogens (tertiary/aromatic N) is 2. The molecule has 1 amide bonds. The first-order chi connectivity index (χ1) is 13.1. The molecule has 0 spiro atoms. The maximum absolute atomic E-state index is 13.6. The van der Waals surface area contributed by atoms with Gasteiger partial charge in [-0.15, -0.1) is 0 Å². The SMILES string of the molecule is CN=C(NCCCCN1CCC(C(N)=O)CC1)NCCc1ccccc1F. The number of aliphatic imine (C=N–C) groups is 1. The number of hydrogen-bond acceptors (Lipinski definition) is 3. The second-order valence-corrected chi connectivity index (χ2v) is 6.99. The Hall–Kier alpha value is -2.15. The molecule has 1 saturated heterocycles. The minimum atomic E-state index is -0.165. The molecule has 0 radical (unpaired) electrons. The third kappa shape index (κ3) is 7.54. The molecule has 0 saturated carbocycles. The topological polar surface area (TPSA) is 82.8 Å². The summed E-state index contributed by atoms with van der Waals surface area (Å²) in [4.78, 5) is 17.8. The highest BCUT2D eigenvalue weighted by Gasteiger charge is 2.22. The highest BCUT2D eigenvalue weighted by atomic mass is 19.1. The number of nitrogens with two attached hydrogens (primary N) is 1. The third-order valence-electron chi connectivity index (χ3n) is 5.05. The number of rotatable bonds is 9. The smallest absolute Gasteiger partial charge is 0.220 e. The average Bonchev–Trinajstić information content (AvgIpc) is 2.68. The number of piperidine rings is 1. The van der Waals surface area contributed by atoms with E-state index in [9.17, 15) is 9.18 Å². The second-order valence-electron chi connectivity index (χ2n) is 6.99. The molecular formula is C20H32FN5O. The number of carbonyl (C=O) groups excluding carboxylic acids is 1. The van der Waals surface area contributed by atoms with Gasteiger partial charge in [-0.2, -0.15) is 0 Å². The molecule has 150 valence electrons. The van der Waals surface area contributed by atoms with Gasteiger partial charge in [0.25, 0.3) is 0 Å². The number of amides is 1. The Morgan fingerprint density at radius 2 is 1.93 bits per heavy atom. The molecule has 1 heterocycles. The number of halogens is 1. The van der Waals surface area contributed by atoms with E-state index in [1.807, 2.05) is 6.07 Å². The lowest BCUT2D eigenvalue weighted by molar-refractivity contribution is -0.123. The minimum Gasteiger partial charge on any atom is -0.369 e. The summed E-state index contributed by atoms with van der Waals surface area (Å²) in [7, 11) is 1.74. The van der Waals surface area contributed by atoms with Crippen molar-refractivity contribution in [1.82, 2.24) is 15.5 Å². The van der Waals surface area contributed by atoms with E-state index >= 15 is 0 Å². The molecule has 7 heteroatoms. The summed E-state index contributed by atoms with van der Waals surface area (Å²) in [6, 6.07) is 6.84. The zero-order valence-electron chi connectivity index (χ0n) is 16.2. The maximum atomic E-state index is 13.6. The number of guanidine groups is 1.